The molecule has 0 bridgehead atoms. The van der Waals surface area contributed by atoms with Crippen LogP contribution in [0.4, 0.5) is 0 Å². The average Bonchev–Trinajstić information content (AvgIpc) is 3.26. The summed E-state index contributed by atoms with van der Waals surface area (Å²) in [6.07, 6.45) is 5.03. The van der Waals surface area contributed by atoms with Gasteiger partial charge in [0.2, 0.25) is 0 Å². The van der Waals surface area contributed by atoms with Crippen molar-refractivity contribution in [2.75, 3.05) is 20.3 Å². The molecule has 1 amide bonds. The summed E-state index contributed by atoms with van der Waals surface area (Å²) in [7, 11) is 1.77. The number of carbonyl (C=O) groups is 1. The van der Waals surface area contributed by atoms with E-state index in [1.54, 1.807) is 24.3 Å². The second-order valence-electron chi connectivity index (χ2n) is 8.34. The first-order valence-corrected chi connectivity index (χ1v) is 10.8. The number of benzene rings is 1. The quantitative estimate of drug-likeness (QED) is 0.536. The molecular formula is C24H25N5O3. The van der Waals surface area contributed by atoms with Gasteiger partial charge in [-0.2, -0.15) is 5.10 Å². The number of aromatic nitrogens is 4. The molecule has 0 atom stereocenters. The molecule has 164 valence electrons. The molecule has 0 aliphatic carbocycles. The van der Waals surface area contributed by atoms with E-state index in [0.29, 0.717) is 36.2 Å². The van der Waals surface area contributed by atoms with Crippen LogP contribution in [-0.4, -0.2) is 50.8 Å². The zero-order valence-electron chi connectivity index (χ0n) is 18.2. The predicted molar refractivity (Wildman–Crippen MR) is 122 cm³/mol. The highest BCUT2D eigenvalue weighted by Crippen LogP contribution is 2.30. The molecule has 1 aliphatic rings. The van der Waals surface area contributed by atoms with E-state index in [2.05, 4.69) is 15.1 Å². The monoisotopic (exact) mass is 431 g/mol. The van der Waals surface area contributed by atoms with Gasteiger partial charge < -0.3 is 14.6 Å². The van der Waals surface area contributed by atoms with Crippen molar-refractivity contribution in [2.24, 2.45) is 0 Å². The van der Waals surface area contributed by atoms with Gasteiger partial charge in [-0.1, -0.05) is 6.07 Å². The molecule has 0 spiro atoms. The molecule has 32 heavy (non-hydrogen) atoms. The van der Waals surface area contributed by atoms with Crippen LogP contribution >= 0.6 is 0 Å². The highest BCUT2D eigenvalue weighted by atomic mass is 16.5. The summed E-state index contributed by atoms with van der Waals surface area (Å²) in [4.78, 5) is 35.0. The summed E-state index contributed by atoms with van der Waals surface area (Å²) in [5.41, 5.74) is 3.55. The number of H-pyrrole nitrogens is 1. The van der Waals surface area contributed by atoms with Crippen molar-refractivity contribution in [3.05, 3.63) is 69.9 Å². The van der Waals surface area contributed by atoms with Crippen LogP contribution in [0.15, 0.2) is 47.5 Å². The third kappa shape index (κ3) is 3.56. The molecule has 4 heterocycles. The normalized spacial score (nSPS) is 14.8. The molecule has 0 radical (unpaired) electrons. The summed E-state index contributed by atoms with van der Waals surface area (Å²) in [5, 5.41) is 5.91. The number of aryl methyl sites for hydroxylation is 1. The SMILES string of the molecule is Cc1cc2[nH]c(=O)c3cnn(C4CCOCC4)c3c2cc1C(=O)N(C)Cc1ccccn1. The largest absolute Gasteiger partial charge is 0.381 e. The summed E-state index contributed by atoms with van der Waals surface area (Å²) < 4.78 is 7.44. The van der Waals surface area contributed by atoms with Gasteiger partial charge in [0.1, 0.15) is 0 Å². The van der Waals surface area contributed by atoms with Crippen LogP contribution in [0.3, 0.4) is 0 Å². The number of nitrogens with zero attached hydrogens (tertiary/aromatic N) is 4. The standard InChI is InChI=1S/C24H25N5O3/c1-15-11-21-19(12-18(15)24(31)28(2)14-16-5-3-4-8-25-16)22-20(23(30)27-21)13-26-29(22)17-6-9-32-10-7-17/h3-5,8,11-13,17H,6-7,9-10,14H2,1-2H3,(H,27,30). The molecule has 1 aliphatic heterocycles. The molecule has 8 nitrogen and oxygen atoms in total. The second-order valence-corrected chi connectivity index (χ2v) is 8.34. The zero-order valence-corrected chi connectivity index (χ0v) is 18.2. The van der Waals surface area contributed by atoms with E-state index in [-0.39, 0.29) is 17.5 Å². The van der Waals surface area contributed by atoms with Gasteiger partial charge in [0.05, 0.1) is 40.9 Å². The molecule has 3 aromatic heterocycles. The fourth-order valence-electron chi connectivity index (χ4n) is 4.44. The number of ether oxygens (including phenoxy) is 1. The Labute approximate surface area is 184 Å². The molecule has 1 N–H and O–H groups in total. The summed E-state index contributed by atoms with van der Waals surface area (Å²) >= 11 is 0. The first kappa shape index (κ1) is 20.4. The Balaban J connectivity index is 1.61. The van der Waals surface area contributed by atoms with Gasteiger partial charge >= 0.3 is 0 Å². The average molecular weight is 431 g/mol. The van der Waals surface area contributed by atoms with Crippen LogP contribution in [0.5, 0.6) is 0 Å². The van der Waals surface area contributed by atoms with Crippen molar-refractivity contribution in [1.29, 1.82) is 0 Å². The van der Waals surface area contributed by atoms with Crippen LogP contribution < -0.4 is 5.56 Å². The number of nitrogens with one attached hydrogen (secondary N) is 1. The Morgan fingerprint density at radius 3 is 2.81 bits per heavy atom. The number of carbonyl (C=O) groups excluding carboxylic acids is 1. The topological polar surface area (TPSA) is 93.1 Å². The third-order valence-electron chi connectivity index (χ3n) is 6.15. The first-order valence-electron chi connectivity index (χ1n) is 10.8. The van der Waals surface area contributed by atoms with E-state index in [0.717, 1.165) is 35.0 Å². The van der Waals surface area contributed by atoms with Gasteiger partial charge in [-0.05, 0) is 49.6 Å². The van der Waals surface area contributed by atoms with E-state index in [4.69, 9.17) is 4.74 Å². The van der Waals surface area contributed by atoms with Crippen LogP contribution in [0.2, 0.25) is 0 Å². The maximum Gasteiger partial charge on any atom is 0.259 e. The van der Waals surface area contributed by atoms with Gasteiger partial charge in [0.25, 0.3) is 11.5 Å². The zero-order chi connectivity index (χ0) is 22.2. The Morgan fingerprint density at radius 1 is 1.25 bits per heavy atom. The van der Waals surface area contributed by atoms with Crippen LogP contribution in [0.1, 0.15) is 40.5 Å². The minimum absolute atomic E-state index is 0.0912. The van der Waals surface area contributed by atoms with Crippen molar-refractivity contribution < 1.29 is 9.53 Å². The third-order valence-corrected chi connectivity index (χ3v) is 6.15. The lowest BCUT2D eigenvalue weighted by molar-refractivity contribution is 0.0675. The fourth-order valence-corrected chi connectivity index (χ4v) is 4.44. The smallest absolute Gasteiger partial charge is 0.259 e. The number of pyridine rings is 2. The van der Waals surface area contributed by atoms with Gasteiger partial charge in [-0.15, -0.1) is 0 Å². The van der Waals surface area contributed by atoms with Crippen molar-refractivity contribution in [1.82, 2.24) is 24.6 Å². The molecule has 5 rings (SSSR count). The first-order chi connectivity index (χ1) is 15.5. The highest BCUT2D eigenvalue weighted by molar-refractivity contribution is 6.07. The van der Waals surface area contributed by atoms with Crippen molar-refractivity contribution in [3.8, 4) is 0 Å². The predicted octanol–water partition coefficient (Wildman–Crippen LogP) is 3.20. The van der Waals surface area contributed by atoms with E-state index < -0.39 is 0 Å². The van der Waals surface area contributed by atoms with Gasteiger partial charge in [-0.3, -0.25) is 19.3 Å². The van der Waals surface area contributed by atoms with Gasteiger partial charge in [0.15, 0.2) is 0 Å². The Hall–Kier alpha value is -3.52. The number of rotatable bonds is 4. The lowest BCUT2D eigenvalue weighted by Gasteiger charge is -2.23. The van der Waals surface area contributed by atoms with Crippen molar-refractivity contribution in [2.45, 2.75) is 32.4 Å². The molecule has 8 heteroatoms. The molecule has 0 unspecified atom stereocenters. The maximum absolute atomic E-state index is 13.3. The lowest BCUT2D eigenvalue weighted by atomic mass is 10.0. The number of aromatic amines is 1. The molecule has 1 aromatic carbocycles. The molecule has 1 fully saturated rings. The van der Waals surface area contributed by atoms with Gasteiger partial charge in [0, 0.05) is 37.4 Å². The Morgan fingerprint density at radius 2 is 2.06 bits per heavy atom. The Bertz CT molecular complexity index is 1350. The number of fused-ring (bicyclic) bond motifs is 3. The maximum atomic E-state index is 13.3. The van der Waals surface area contributed by atoms with Crippen molar-refractivity contribution in [3.63, 3.8) is 0 Å². The minimum atomic E-state index is -0.170. The minimum Gasteiger partial charge on any atom is -0.381 e. The van der Waals surface area contributed by atoms with E-state index in [9.17, 15) is 9.59 Å². The van der Waals surface area contributed by atoms with Crippen LogP contribution in [0.25, 0.3) is 21.8 Å². The van der Waals surface area contributed by atoms with Crippen molar-refractivity contribution >= 4 is 27.7 Å². The molecule has 4 aromatic rings. The fraction of sp³-hybridized carbons (Fsp3) is 0.333. The molecule has 0 saturated carbocycles. The molecular weight excluding hydrogens is 406 g/mol. The van der Waals surface area contributed by atoms with E-state index in [1.807, 2.05) is 41.9 Å². The number of amides is 1. The number of hydrogen-bond acceptors (Lipinski definition) is 5. The summed E-state index contributed by atoms with van der Waals surface area (Å²) in [6.45, 7) is 3.65. The molecule has 1 saturated heterocycles. The summed E-state index contributed by atoms with van der Waals surface area (Å²) in [6, 6.07) is 9.59. The van der Waals surface area contributed by atoms with E-state index in [1.165, 1.54) is 0 Å². The summed E-state index contributed by atoms with van der Waals surface area (Å²) in [5.74, 6) is -0.0912. The highest BCUT2D eigenvalue weighted by Gasteiger charge is 2.23. The van der Waals surface area contributed by atoms with Crippen LogP contribution in [0, 0.1) is 6.92 Å². The van der Waals surface area contributed by atoms with Crippen LogP contribution in [-0.2, 0) is 11.3 Å². The van der Waals surface area contributed by atoms with Gasteiger partial charge in [-0.25, -0.2) is 0 Å². The van der Waals surface area contributed by atoms with E-state index >= 15 is 0 Å². The second kappa shape index (κ2) is 8.20. The number of hydrogen-bond donors (Lipinski definition) is 1. The Kier molecular flexibility index (Phi) is 5.22. The lowest BCUT2D eigenvalue weighted by Crippen LogP contribution is -2.27.